The average Bonchev–Trinajstić information content (AvgIpc) is 3.09. The Kier molecular flexibility index (Phi) is 4.20. The number of amides is 1. The minimum Gasteiger partial charge on any atom is -0.349 e. The number of aromatic nitrogens is 4. The zero-order chi connectivity index (χ0) is 17.4. The summed E-state index contributed by atoms with van der Waals surface area (Å²) in [6, 6.07) is 1.12. The normalized spacial score (nSPS) is 25.9. The lowest BCUT2D eigenvalue weighted by Gasteiger charge is -2.38. The van der Waals surface area contributed by atoms with E-state index in [-0.39, 0.29) is 11.9 Å². The Labute approximate surface area is 146 Å². The highest BCUT2D eigenvalue weighted by atomic mass is 16.6. The Morgan fingerprint density at radius 3 is 2.64 bits per heavy atom. The summed E-state index contributed by atoms with van der Waals surface area (Å²) in [7, 11) is 0. The van der Waals surface area contributed by atoms with Gasteiger partial charge in [0.1, 0.15) is 17.7 Å². The van der Waals surface area contributed by atoms with E-state index in [9.17, 15) is 4.79 Å². The average molecular weight is 342 g/mol. The quantitative estimate of drug-likeness (QED) is 0.897. The molecule has 2 aromatic rings. The summed E-state index contributed by atoms with van der Waals surface area (Å²) < 4.78 is 4.82. The standard InChI is InChI=1S/C17H22N6O2/c1-10-15(7-18-9-19-10)17(24)20-12-5-13-3-4-14(6-12)23(13)8-16-11(2)21-25-22-16/h7,9,12-14H,3-6,8H2,1-2H3,(H,20,24). The van der Waals surface area contributed by atoms with E-state index in [0.717, 1.165) is 43.6 Å². The van der Waals surface area contributed by atoms with Crippen LogP contribution >= 0.6 is 0 Å². The minimum atomic E-state index is -0.0764. The van der Waals surface area contributed by atoms with E-state index in [2.05, 4.69) is 30.5 Å². The number of piperidine rings is 1. The lowest BCUT2D eigenvalue weighted by molar-refractivity contribution is 0.0819. The Bertz CT molecular complexity index is 762. The molecule has 4 rings (SSSR count). The monoisotopic (exact) mass is 342 g/mol. The van der Waals surface area contributed by atoms with Crippen molar-refractivity contribution >= 4 is 5.91 Å². The summed E-state index contributed by atoms with van der Waals surface area (Å²) in [5.41, 5.74) is 3.04. The molecule has 0 saturated carbocycles. The van der Waals surface area contributed by atoms with Crippen LogP contribution < -0.4 is 5.32 Å². The SMILES string of the molecule is Cc1ncncc1C(=O)NC1CC2CCC(C1)N2Cc1nonc1C. The molecule has 2 aromatic heterocycles. The van der Waals surface area contributed by atoms with Gasteiger partial charge in [0.25, 0.3) is 5.91 Å². The first kappa shape index (κ1) is 16.1. The molecule has 0 aliphatic carbocycles. The molecule has 8 heteroatoms. The van der Waals surface area contributed by atoms with Gasteiger partial charge in [0.05, 0.1) is 11.3 Å². The van der Waals surface area contributed by atoms with Crippen LogP contribution in [0.15, 0.2) is 17.2 Å². The third-order valence-electron chi connectivity index (χ3n) is 5.45. The lowest BCUT2D eigenvalue weighted by Crippen LogP contribution is -2.50. The molecule has 0 aromatic carbocycles. The predicted octanol–water partition coefficient (Wildman–Crippen LogP) is 1.40. The number of aryl methyl sites for hydroxylation is 2. The molecule has 2 unspecified atom stereocenters. The van der Waals surface area contributed by atoms with Crippen LogP contribution in [0, 0.1) is 13.8 Å². The second-order valence-electron chi connectivity index (χ2n) is 7.02. The van der Waals surface area contributed by atoms with Gasteiger partial charge >= 0.3 is 0 Å². The van der Waals surface area contributed by atoms with Crippen LogP contribution in [0.3, 0.4) is 0 Å². The highest BCUT2D eigenvalue weighted by molar-refractivity contribution is 5.95. The van der Waals surface area contributed by atoms with Crippen LogP contribution in [0.2, 0.25) is 0 Å². The largest absolute Gasteiger partial charge is 0.349 e. The van der Waals surface area contributed by atoms with Gasteiger partial charge in [-0.2, -0.15) is 0 Å². The first-order chi connectivity index (χ1) is 12.1. The molecule has 2 atom stereocenters. The van der Waals surface area contributed by atoms with Gasteiger partial charge in [0, 0.05) is 30.9 Å². The van der Waals surface area contributed by atoms with Crippen LogP contribution in [0.5, 0.6) is 0 Å². The first-order valence-electron chi connectivity index (χ1n) is 8.73. The van der Waals surface area contributed by atoms with Crippen LogP contribution in [0.4, 0.5) is 0 Å². The Hall–Kier alpha value is -2.35. The number of fused-ring (bicyclic) bond motifs is 2. The van der Waals surface area contributed by atoms with Crippen LogP contribution in [0.25, 0.3) is 0 Å². The number of nitrogens with zero attached hydrogens (tertiary/aromatic N) is 5. The number of carbonyl (C=O) groups is 1. The maximum absolute atomic E-state index is 12.5. The molecule has 4 heterocycles. The predicted molar refractivity (Wildman–Crippen MR) is 88.6 cm³/mol. The second kappa shape index (κ2) is 6.51. The summed E-state index contributed by atoms with van der Waals surface area (Å²) in [4.78, 5) is 23.1. The molecular weight excluding hydrogens is 320 g/mol. The van der Waals surface area contributed by atoms with E-state index in [1.54, 1.807) is 6.20 Å². The number of nitrogens with one attached hydrogen (secondary N) is 1. The highest BCUT2D eigenvalue weighted by Crippen LogP contribution is 2.37. The molecule has 2 bridgehead atoms. The third-order valence-corrected chi connectivity index (χ3v) is 5.45. The zero-order valence-electron chi connectivity index (χ0n) is 14.5. The van der Waals surface area contributed by atoms with Gasteiger partial charge in [-0.1, -0.05) is 10.3 Å². The second-order valence-corrected chi connectivity index (χ2v) is 7.02. The van der Waals surface area contributed by atoms with Crippen molar-refractivity contribution < 1.29 is 9.42 Å². The maximum Gasteiger partial charge on any atom is 0.254 e. The van der Waals surface area contributed by atoms with E-state index in [0.29, 0.717) is 23.3 Å². The minimum absolute atomic E-state index is 0.0764. The molecule has 132 valence electrons. The van der Waals surface area contributed by atoms with E-state index in [4.69, 9.17) is 4.63 Å². The molecule has 0 radical (unpaired) electrons. The Morgan fingerprint density at radius 2 is 2.00 bits per heavy atom. The van der Waals surface area contributed by atoms with Crippen molar-refractivity contribution in [1.82, 2.24) is 30.5 Å². The fourth-order valence-corrected chi connectivity index (χ4v) is 4.09. The molecule has 2 saturated heterocycles. The van der Waals surface area contributed by atoms with Crippen molar-refractivity contribution in [2.75, 3.05) is 0 Å². The summed E-state index contributed by atoms with van der Waals surface area (Å²) in [5.74, 6) is -0.0764. The fourth-order valence-electron chi connectivity index (χ4n) is 4.09. The van der Waals surface area contributed by atoms with Gasteiger partial charge in [-0.3, -0.25) is 9.69 Å². The van der Waals surface area contributed by atoms with Crippen molar-refractivity contribution in [3.8, 4) is 0 Å². The number of carbonyl (C=O) groups excluding carboxylic acids is 1. The summed E-state index contributed by atoms with van der Waals surface area (Å²) in [5, 5.41) is 11.1. The van der Waals surface area contributed by atoms with Gasteiger partial charge in [-0.05, 0) is 39.5 Å². The van der Waals surface area contributed by atoms with Crippen molar-refractivity contribution in [2.45, 2.75) is 64.2 Å². The number of rotatable bonds is 4. The Morgan fingerprint density at radius 1 is 1.24 bits per heavy atom. The zero-order valence-corrected chi connectivity index (χ0v) is 14.5. The van der Waals surface area contributed by atoms with Gasteiger partial charge in [-0.25, -0.2) is 14.6 Å². The number of hydrogen-bond donors (Lipinski definition) is 1. The van der Waals surface area contributed by atoms with Gasteiger partial charge in [-0.15, -0.1) is 0 Å². The third kappa shape index (κ3) is 3.13. The van der Waals surface area contributed by atoms with E-state index in [1.165, 1.54) is 6.33 Å². The molecular formula is C17H22N6O2. The maximum atomic E-state index is 12.5. The molecule has 2 fully saturated rings. The van der Waals surface area contributed by atoms with Crippen LogP contribution in [0.1, 0.15) is 53.1 Å². The van der Waals surface area contributed by atoms with E-state index >= 15 is 0 Å². The lowest BCUT2D eigenvalue weighted by atomic mass is 9.96. The van der Waals surface area contributed by atoms with E-state index < -0.39 is 0 Å². The van der Waals surface area contributed by atoms with Crippen LogP contribution in [-0.2, 0) is 6.54 Å². The molecule has 2 aliphatic rings. The number of hydrogen-bond acceptors (Lipinski definition) is 7. The smallest absolute Gasteiger partial charge is 0.254 e. The Balaban J connectivity index is 1.41. The fraction of sp³-hybridized carbons (Fsp3) is 0.588. The van der Waals surface area contributed by atoms with Crippen molar-refractivity contribution in [3.63, 3.8) is 0 Å². The first-order valence-corrected chi connectivity index (χ1v) is 8.73. The van der Waals surface area contributed by atoms with Gasteiger partial charge < -0.3 is 5.32 Å². The van der Waals surface area contributed by atoms with Crippen molar-refractivity contribution in [2.24, 2.45) is 0 Å². The topological polar surface area (TPSA) is 97.0 Å². The van der Waals surface area contributed by atoms with Gasteiger partial charge in [0.15, 0.2) is 0 Å². The van der Waals surface area contributed by atoms with Crippen LogP contribution in [-0.4, -0.2) is 49.2 Å². The van der Waals surface area contributed by atoms with E-state index in [1.807, 2.05) is 13.8 Å². The van der Waals surface area contributed by atoms with Gasteiger partial charge in [0.2, 0.25) is 0 Å². The summed E-state index contributed by atoms with van der Waals surface area (Å²) in [6.45, 7) is 4.53. The highest BCUT2D eigenvalue weighted by Gasteiger charge is 2.41. The molecule has 8 nitrogen and oxygen atoms in total. The molecule has 0 spiro atoms. The molecule has 1 N–H and O–H groups in total. The molecule has 25 heavy (non-hydrogen) atoms. The van der Waals surface area contributed by atoms with Crippen molar-refractivity contribution in [1.29, 1.82) is 0 Å². The molecule has 2 aliphatic heterocycles. The summed E-state index contributed by atoms with van der Waals surface area (Å²) >= 11 is 0. The summed E-state index contributed by atoms with van der Waals surface area (Å²) in [6.07, 6.45) is 7.29. The molecule has 1 amide bonds. The van der Waals surface area contributed by atoms with Crippen molar-refractivity contribution in [3.05, 3.63) is 35.2 Å².